The Morgan fingerprint density at radius 3 is 2.43 bits per heavy atom. The van der Waals surface area contributed by atoms with Gasteiger partial charge < -0.3 is 29.7 Å². The Morgan fingerprint density at radius 2 is 1.76 bits per heavy atom. The van der Waals surface area contributed by atoms with Crippen molar-refractivity contribution in [3.05, 3.63) is 83.1 Å². The van der Waals surface area contributed by atoms with E-state index in [2.05, 4.69) is 10.0 Å². The van der Waals surface area contributed by atoms with Gasteiger partial charge in [-0.2, -0.15) is 0 Å². The fraction of sp³-hybridized carbons (Fsp3) is 0.429. The Kier molecular flexibility index (Phi) is 13.3. The van der Waals surface area contributed by atoms with Gasteiger partial charge in [-0.3, -0.25) is 9.52 Å². The molecule has 1 aliphatic rings. The molecule has 1 heterocycles. The average Bonchev–Trinajstić information content (AvgIpc) is 3.07. The van der Waals surface area contributed by atoms with E-state index in [4.69, 9.17) is 21.1 Å². The molecule has 3 aromatic rings. The van der Waals surface area contributed by atoms with Gasteiger partial charge in [-0.15, -0.1) is 0 Å². The van der Waals surface area contributed by atoms with Crippen molar-refractivity contribution in [3.8, 4) is 5.75 Å². The smallest absolute Gasteiger partial charge is 0.321 e. The summed E-state index contributed by atoms with van der Waals surface area (Å²) in [6.45, 7) is 5.94. The number of sulfonamides is 1. The van der Waals surface area contributed by atoms with Gasteiger partial charge in [0.15, 0.2) is 0 Å². The van der Waals surface area contributed by atoms with Crippen LogP contribution in [0, 0.1) is 11.7 Å². The molecule has 11 nitrogen and oxygen atoms in total. The van der Waals surface area contributed by atoms with Gasteiger partial charge in [-0.25, -0.2) is 17.6 Å². The van der Waals surface area contributed by atoms with Gasteiger partial charge in [0.1, 0.15) is 11.6 Å². The Balaban J connectivity index is 1.62. The molecule has 0 radical (unpaired) electrons. The van der Waals surface area contributed by atoms with Gasteiger partial charge in [0.05, 0.1) is 35.3 Å². The molecule has 3 amide bonds. The van der Waals surface area contributed by atoms with E-state index in [0.717, 1.165) is 12.8 Å². The molecule has 0 aliphatic carbocycles. The molecule has 266 valence electrons. The number of likely N-dealkylation sites (N-methyl/N-ethyl adjacent to an activating group) is 1. The van der Waals surface area contributed by atoms with Gasteiger partial charge in [-0.05, 0) is 99.8 Å². The number of urea groups is 1. The number of aliphatic hydroxyl groups is 1. The van der Waals surface area contributed by atoms with Crippen molar-refractivity contribution in [2.24, 2.45) is 5.92 Å². The lowest BCUT2D eigenvalue weighted by molar-refractivity contribution is -0.0115. The first-order valence-corrected chi connectivity index (χ1v) is 18.0. The van der Waals surface area contributed by atoms with Crippen molar-refractivity contribution in [1.82, 2.24) is 9.80 Å². The molecule has 0 aromatic heterocycles. The van der Waals surface area contributed by atoms with E-state index in [1.807, 2.05) is 13.8 Å². The van der Waals surface area contributed by atoms with E-state index in [1.54, 1.807) is 20.0 Å². The van der Waals surface area contributed by atoms with Crippen LogP contribution in [0.2, 0.25) is 5.02 Å². The zero-order valence-electron chi connectivity index (χ0n) is 28.1. The minimum absolute atomic E-state index is 0.0000990. The van der Waals surface area contributed by atoms with Crippen LogP contribution < -0.4 is 14.8 Å². The molecule has 0 fully saturated rings. The second-order valence-corrected chi connectivity index (χ2v) is 14.5. The number of aliphatic hydroxyl groups excluding tert-OH is 1. The summed E-state index contributed by atoms with van der Waals surface area (Å²) in [6, 6.07) is 14.7. The van der Waals surface area contributed by atoms with Crippen LogP contribution in [-0.2, 0) is 14.8 Å². The number of amides is 3. The highest BCUT2D eigenvalue weighted by Crippen LogP contribution is 2.30. The van der Waals surface area contributed by atoms with Gasteiger partial charge in [0.2, 0.25) is 0 Å². The lowest BCUT2D eigenvalue weighted by Crippen LogP contribution is -2.48. The Hall–Kier alpha value is -3.91. The second kappa shape index (κ2) is 17.1. The average molecular weight is 719 g/mol. The maximum Gasteiger partial charge on any atom is 0.321 e. The highest BCUT2D eigenvalue weighted by Gasteiger charge is 2.31. The number of carbonyl (C=O) groups is 2. The van der Waals surface area contributed by atoms with Crippen LogP contribution in [0.25, 0.3) is 0 Å². The van der Waals surface area contributed by atoms with Gasteiger partial charge >= 0.3 is 6.03 Å². The van der Waals surface area contributed by atoms with Crippen molar-refractivity contribution in [2.45, 2.75) is 63.2 Å². The number of carbonyl (C=O) groups excluding carboxylic acids is 2. The molecule has 4 rings (SSSR count). The number of benzene rings is 3. The minimum Gasteiger partial charge on any atom is -0.490 e. The maximum absolute atomic E-state index is 14.3. The minimum atomic E-state index is -4.01. The first-order valence-electron chi connectivity index (χ1n) is 16.2. The third kappa shape index (κ3) is 10.5. The quantitative estimate of drug-likeness (QED) is 0.251. The van der Waals surface area contributed by atoms with Crippen molar-refractivity contribution >= 4 is 44.9 Å². The van der Waals surface area contributed by atoms with Gasteiger partial charge in [0.25, 0.3) is 15.9 Å². The van der Waals surface area contributed by atoms with E-state index in [9.17, 15) is 27.5 Å². The predicted molar refractivity (Wildman–Crippen MR) is 187 cm³/mol. The molecule has 4 atom stereocenters. The molecule has 0 unspecified atom stereocenters. The second-order valence-electron chi connectivity index (χ2n) is 12.4. The third-order valence-electron chi connectivity index (χ3n) is 8.32. The summed E-state index contributed by atoms with van der Waals surface area (Å²) >= 11 is 5.94. The van der Waals surface area contributed by atoms with E-state index in [1.165, 1.54) is 70.5 Å². The van der Waals surface area contributed by atoms with Crippen LogP contribution in [-0.4, -0.2) is 86.9 Å². The summed E-state index contributed by atoms with van der Waals surface area (Å²) in [4.78, 5) is 30.3. The molecular formula is C35H44ClFN4O7S. The highest BCUT2D eigenvalue weighted by atomic mass is 35.5. The molecule has 0 spiro atoms. The molecule has 0 saturated carbocycles. The predicted octanol–water partition coefficient (Wildman–Crippen LogP) is 6.24. The lowest BCUT2D eigenvalue weighted by Gasteiger charge is -2.35. The monoisotopic (exact) mass is 718 g/mol. The van der Waals surface area contributed by atoms with Crippen LogP contribution in [0.15, 0.2) is 71.6 Å². The Labute approximate surface area is 292 Å². The molecule has 49 heavy (non-hydrogen) atoms. The van der Waals surface area contributed by atoms with E-state index >= 15 is 0 Å². The van der Waals surface area contributed by atoms with Crippen molar-refractivity contribution in [3.63, 3.8) is 0 Å². The summed E-state index contributed by atoms with van der Waals surface area (Å²) in [7, 11) is -2.38. The normalized spacial score (nSPS) is 19.9. The van der Waals surface area contributed by atoms with Crippen LogP contribution in [0.1, 0.15) is 50.4 Å². The van der Waals surface area contributed by atoms with E-state index in [-0.39, 0.29) is 53.6 Å². The van der Waals surface area contributed by atoms with Crippen molar-refractivity contribution < 1.29 is 37.0 Å². The van der Waals surface area contributed by atoms with Crippen LogP contribution in [0.4, 0.5) is 20.6 Å². The zero-order chi connectivity index (χ0) is 35.7. The van der Waals surface area contributed by atoms with Gasteiger partial charge in [-0.1, -0.05) is 18.5 Å². The number of anilines is 2. The molecular weight excluding hydrogens is 675 g/mol. The summed E-state index contributed by atoms with van der Waals surface area (Å²) in [6.07, 6.45) is 1.42. The molecule has 1 aliphatic heterocycles. The van der Waals surface area contributed by atoms with Gasteiger partial charge in [0, 0.05) is 49.1 Å². The number of ether oxygens (including phenoxy) is 2. The maximum atomic E-state index is 14.3. The van der Waals surface area contributed by atoms with E-state index in [0.29, 0.717) is 23.7 Å². The number of hydrogen-bond acceptors (Lipinski definition) is 7. The lowest BCUT2D eigenvalue weighted by atomic mass is 10.0. The largest absolute Gasteiger partial charge is 0.490 e. The number of nitrogens with one attached hydrogen (secondary N) is 2. The van der Waals surface area contributed by atoms with Crippen LogP contribution >= 0.6 is 11.6 Å². The molecule has 3 aromatic carbocycles. The molecule has 0 saturated heterocycles. The van der Waals surface area contributed by atoms with Crippen molar-refractivity contribution in [1.29, 1.82) is 0 Å². The molecule has 14 heteroatoms. The molecule has 0 bridgehead atoms. The zero-order valence-corrected chi connectivity index (χ0v) is 29.6. The number of halogens is 2. The third-order valence-corrected chi connectivity index (χ3v) is 9.97. The summed E-state index contributed by atoms with van der Waals surface area (Å²) in [5, 5.41) is 13.3. The summed E-state index contributed by atoms with van der Waals surface area (Å²) in [5.74, 6) is -0.904. The standard InChI is InChI=1S/C35H44ClFN4O7S/c1-23-20-41(24(2)22-42)34(43)31-19-29(39-49(45,46)30-15-8-26(36)9-16-30)14-17-32(31)48-25(3)7-5-6-18-47-33(23)21-40(4)35(44)38-28-12-10-27(37)11-13-28/h8-17,19,23-25,33,39,42H,5-7,18,20-22H2,1-4H3,(H,38,44)/t23-,24+,25-,33-/m1/s1. The first-order chi connectivity index (χ1) is 23.3. The Bertz CT molecular complexity index is 1680. The fourth-order valence-electron chi connectivity index (χ4n) is 5.38. The first kappa shape index (κ1) is 37.9. The number of nitrogens with zero attached hydrogens (tertiary/aromatic N) is 2. The van der Waals surface area contributed by atoms with Crippen LogP contribution in [0.3, 0.4) is 0 Å². The summed E-state index contributed by atoms with van der Waals surface area (Å²) in [5.41, 5.74) is 0.719. The number of hydrogen-bond donors (Lipinski definition) is 3. The Morgan fingerprint density at radius 1 is 1.08 bits per heavy atom. The topological polar surface area (TPSA) is 138 Å². The number of fused-ring (bicyclic) bond motifs is 1. The van der Waals surface area contributed by atoms with E-state index < -0.39 is 39.9 Å². The van der Waals surface area contributed by atoms with Crippen LogP contribution in [0.5, 0.6) is 5.75 Å². The van der Waals surface area contributed by atoms with Crippen molar-refractivity contribution in [2.75, 3.05) is 43.4 Å². The highest BCUT2D eigenvalue weighted by molar-refractivity contribution is 7.92. The summed E-state index contributed by atoms with van der Waals surface area (Å²) < 4.78 is 54.8. The SMILES string of the molecule is C[C@@H]1CCCCO[C@H](CN(C)C(=O)Nc2ccc(F)cc2)[C@H](C)CN([C@@H](C)CO)C(=O)c2cc(NS(=O)(=O)c3ccc(Cl)cc3)ccc2O1. The fourth-order valence-corrected chi connectivity index (χ4v) is 6.56. The number of rotatable bonds is 8. The molecule has 3 N–H and O–H groups in total.